The molecule has 0 fully saturated rings. The van der Waals surface area contributed by atoms with Crippen molar-refractivity contribution >= 4 is 27.5 Å². The maximum atomic E-state index is 14.2. The minimum Gasteiger partial charge on any atom is -0.347 e. The first kappa shape index (κ1) is 22.0. The van der Waals surface area contributed by atoms with E-state index >= 15 is 0 Å². The molecule has 0 spiro atoms. The van der Waals surface area contributed by atoms with Gasteiger partial charge in [-0.1, -0.05) is 18.2 Å². The van der Waals surface area contributed by atoms with Crippen LogP contribution < -0.4 is 5.32 Å². The fourth-order valence-electron chi connectivity index (χ4n) is 3.47. The van der Waals surface area contributed by atoms with Gasteiger partial charge in [0.1, 0.15) is 17.3 Å². The van der Waals surface area contributed by atoms with E-state index in [2.05, 4.69) is 5.32 Å². The number of aryl methyl sites for hydroxylation is 1. The number of rotatable bonds is 5. The zero-order valence-corrected chi connectivity index (χ0v) is 17.6. The Balaban J connectivity index is 1.62. The summed E-state index contributed by atoms with van der Waals surface area (Å²) in [7, 11) is 0. The predicted molar refractivity (Wildman–Crippen MR) is 113 cm³/mol. The number of nitrogens with zero attached hydrogens (tertiary/aromatic N) is 1. The fraction of sp³-hybridized carbons (Fsp3) is 0.174. The van der Waals surface area contributed by atoms with E-state index in [1.54, 1.807) is 10.6 Å². The van der Waals surface area contributed by atoms with E-state index in [0.29, 0.717) is 5.56 Å². The molecule has 4 aromatic rings. The Bertz CT molecular complexity index is 1310. The monoisotopic (exact) mass is 464 g/mol. The third-order valence-electron chi connectivity index (χ3n) is 5.00. The average molecular weight is 464 g/mol. The van der Waals surface area contributed by atoms with Gasteiger partial charge in [-0.3, -0.25) is 4.79 Å². The number of benzene rings is 2. The molecule has 1 N–H and O–H groups in total. The molecule has 0 radical (unpaired) electrons. The number of halogens is 5. The van der Waals surface area contributed by atoms with Crippen molar-refractivity contribution in [3.05, 3.63) is 93.5 Å². The molecule has 2 aromatic carbocycles. The molecule has 0 aliphatic heterocycles. The van der Waals surface area contributed by atoms with Gasteiger partial charge < -0.3 is 9.88 Å². The second kappa shape index (κ2) is 8.38. The van der Waals surface area contributed by atoms with E-state index in [9.17, 15) is 26.7 Å². The van der Waals surface area contributed by atoms with Gasteiger partial charge in [0, 0.05) is 23.1 Å². The Kier molecular flexibility index (Phi) is 5.77. The lowest BCUT2D eigenvalue weighted by molar-refractivity contribution is -0.137. The van der Waals surface area contributed by atoms with Crippen LogP contribution in [-0.2, 0) is 19.3 Å². The highest BCUT2D eigenvalue weighted by atomic mass is 32.1. The number of amides is 1. The van der Waals surface area contributed by atoms with E-state index < -0.39 is 29.3 Å². The molecule has 1 amide bonds. The molecule has 4 rings (SSSR count). The van der Waals surface area contributed by atoms with Gasteiger partial charge in [-0.05, 0) is 42.8 Å². The molecule has 0 saturated heterocycles. The van der Waals surface area contributed by atoms with E-state index in [-0.39, 0.29) is 24.3 Å². The second-order valence-corrected chi connectivity index (χ2v) is 8.63. The maximum Gasteiger partial charge on any atom is 0.416 e. The van der Waals surface area contributed by atoms with Crippen LogP contribution in [0.5, 0.6) is 0 Å². The number of thiophene rings is 1. The number of nitrogens with one attached hydrogen (secondary N) is 1. The molecular weight excluding hydrogens is 447 g/mol. The maximum absolute atomic E-state index is 14.2. The Morgan fingerprint density at radius 1 is 1.06 bits per heavy atom. The van der Waals surface area contributed by atoms with Crippen molar-refractivity contribution in [3.63, 3.8) is 0 Å². The lowest BCUT2D eigenvalue weighted by atomic mass is 10.1. The number of fused-ring (bicyclic) bond motifs is 1. The zero-order valence-electron chi connectivity index (χ0n) is 16.8. The Morgan fingerprint density at radius 2 is 1.84 bits per heavy atom. The van der Waals surface area contributed by atoms with Crippen LogP contribution in [0.4, 0.5) is 22.0 Å². The molecular formula is C23H17F5N2OS. The molecule has 2 heterocycles. The van der Waals surface area contributed by atoms with Crippen LogP contribution in [0, 0.1) is 18.6 Å². The molecule has 0 bridgehead atoms. The topological polar surface area (TPSA) is 34.0 Å². The van der Waals surface area contributed by atoms with Crippen LogP contribution in [0.1, 0.15) is 32.1 Å². The van der Waals surface area contributed by atoms with Crippen LogP contribution in [-0.4, -0.2) is 10.5 Å². The molecule has 32 heavy (non-hydrogen) atoms. The third kappa shape index (κ3) is 4.52. The molecule has 0 aliphatic rings. The van der Waals surface area contributed by atoms with Crippen molar-refractivity contribution in [1.29, 1.82) is 0 Å². The molecule has 166 valence electrons. The molecule has 0 saturated carbocycles. The summed E-state index contributed by atoms with van der Waals surface area (Å²) >= 11 is 1.46. The lowest BCUT2D eigenvalue weighted by Crippen LogP contribution is -2.26. The summed E-state index contributed by atoms with van der Waals surface area (Å²) in [5.74, 6) is -1.94. The smallest absolute Gasteiger partial charge is 0.347 e. The van der Waals surface area contributed by atoms with Crippen molar-refractivity contribution in [2.24, 2.45) is 0 Å². The number of carbonyl (C=O) groups is 1. The minimum absolute atomic E-state index is 0.00189. The fourth-order valence-corrected chi connectivity index (χ4v) is 4.44. The highest BCUT2D eigenvalue weighted by Gasteiger charge is 2.30. The minimum atomic E-state index is -4.48. The van der Waals surface area contributed by atoms with Gasteiger partial charge in [0.05, 0.1) is 22.3 Å². The van der Waals surface area contributed by atoms with Crippen LogP contribution in [0.3, 0.4) is 0 Å². The number of hydrogen-bond donors (Lipinski definition) is 1. The number of carbonyl (C=O) groups excluding carboxylic acids is 1. The van der Waals surface area contributed by atoms with E-state index in [0.717, 1.165) is 39.4 Å². The second-order valence-electron chi connectivity index (χ2n) is 7.34. The quantitative estimate of drug-likeness (QED) is 0.346. The molecule has 0 atom stereocenters. The highest BCUT2D eigenvalue weighted by molar-refractivity contribution is 7.19. The summed E-state index contributed by atoms with van der Waals surface area (Å²) in [6, 6.07) is 11.5. The first-order chi connectivity index (χ1) is 15.1. The number of alkyl halides is 3. The van der Waals surface area contributed by atoms with E-state index in [1.807, 2.05) is 13.0 Å². The SMILES string of the molecule is Cc1cc2c(cc(C(=O)NCc3cccc(C(F)(F)F)c3)n2Cc2ccc(F)cc2F)s1. The van der Waals surface area contributed by atoms with E-state index in [1.165, 1.54) is 29.5 Å². The first-order valence-electron chi connectivity index (χ1n) is 9.60. The van der Waals surface area contributed by atoms with Gasteiger partial charge in [-0.2, -0.15) is 13.2 Å². The summed E-state index contributed by atoms with van der Waals surface area (Å²) in [6.45, 7) is 1.80. The summed E-state index contributed by atoms with van der Waals surface area (Å²) < 4.78 is 68.7. The Labute approximate surface area is 184 Å². The summed E-state index contributed by atoms with van der Waals surface area (Å²) in [4.78, 5) is 13.9. The first-order valence-corrected chi connectivity index (χ1v) is 10.4. The van der Waals surface area contributed by atoms with Crippen molar-refractivity contribution in [2.45, 2.75) is 26.2 Å². The predicted octanol–water partition coefficient (Wildman–Crippen LogP) is 6.29. The summed E-state index contributed by atoms with van der Waals surface area (Å²) in [5, 5.41) is 2.63. The van der Waals surface area contributed by atoms with Crippen LogP contribution in [0.2, 0.25) is 0 Å². The highest BCUT2D eigenvalue weighted by Crippen LogP contribution is 2.31. The zero-order chi connectivity index (χ0) is 23.0. The van der Waals surface area contributed by atoms with Gasteiger partial charge in [0.25, 0.3) is 5.91 Å². The van der Waals surface area contributed by atoms with Gasteiger partial charge in [-0.25, -0.2) is 8.78 Å². The van der Waals surface area contributed by atoms with Crippen LogP contribution in [0.15, 0.2) is 54.6 Å². The van der Waals surface area contributed by atoms with Crippen LogP contribution in [0.25, 0.3) is 10.2 Å². The van der Waals surface area contributed by atoms with Crippen molar-refractivity contribution < 1.29 is 26.7 Å². The van der Waals surface area contributed by atoms with E-state index in [4.69, 9.17) is 0 Å². The Hall–Kier alpha value is -3.20. The number of hydrogen-bond acceptors (Lipinski definition) is 2. The van der Waals surface area contributed by atoms with Crippen molar-refractivity contribution in [1.82, 2.24) is 9.88 Å². The molecule has 2 aromatic heterocycles. The molecule has 0 unspecified atom stereocenters. The van der Waals surface area contributed by atoms with Gasteiger partial charge in [0.2, 0.25) is 0 Å². The van der Waals surface area contributed by atoms with Gasteiger partial charge in [0.15, 0.2) is 0 Å². The lowest BCUT2D eigenvalue weighted by Gasteiger charge is -2.13. The van der Waals surface area contributed by atoms with Crippen LogP contribution >= 0.6 is 11.3 Å². The molecule has 3 nitrogen and oxygen atoms in total. The van der Waals surface area contributed by atoms with Gasteiger partial charge in [-0.15, -0.1) is 11.3 Å². The number of aromatic nitrogens is 1. The van der Waals surface area contributed by atoms with Crippen molar-refractivity contribution in [3.8, 4) is 0 Å². The average Bonchev–Trinajstić information content (AvgIpc) is 3.24. The summed E-state index contributed by atoms with van der Waals surface area (Å²) in [5.41, 5.74) is 0.672. The summed E-state index contributed by atoms with van der Waals surface area (Å²) in [6.07, 6.45) is -4.48. The van der Waals surface area contributed by atoms with Crippen molar-refractivity contribution in [2.75, 3.05) is 0 Å². The largest absolute Gasteiger partial charge is 0.416 e. The molecule has 0 aliphatic carbocycles. The normalized spacial score (nSPS) is 11.8. The standard InChI is InChI=1S/C23H17F5N2OS/c1-13-7-19-21(32-13)10-20(30(19)12-15-5-6-17(24)9-18(15)25)22(31)29-11-14-3-2-4-16(8-14)23(26,27)28/h2-10H,11-12H2,1H3,(H,29,31). The Morgan fingerprint density at radius 3 is 2.56 bits per heavy atom. The molecule has 9 heteroatoms. The van der Waals surface area contributed by atoms with Gasteiger partial charge >= 0.3 is 6.18 Å². The third-order valence-corrected chi connectivity index (χ3v) is 5.98.